The molecule has 2 aromatic heterocycles. The number of anilines is 1. The number of benzene rings is 2. The molecule has 0 aliphatic carbocycles. The Morgan fingerprint density at radius 2 is 1.81 bits per heavy atom. The molecule has 0 aliphatic heterocycles. The van der Waals surface area contributed by atoms with Crippen LogP contribution in [0.2, 0.25) is 0 Å². The number of halogens is 2. The summed E-state index contributed by atoms with van der Waals surface area (Å²) in [6.07, 6.45) is 0. The minimum Gasteiger partial charge on any atom is -0.377 e. The zero-order valence-electron chi connectivity index (χ0n) is 13.4. The van der Waals surface area contributed by atoms with Crippen molar-refractivity contribution in [3.8, 4) is 11.4 Å². The molecule has 2 N–H and O–H groups in total. The molecule has 4 aromatic rings. The number of nitrogens with zero attached hydrogens (tertiary/aromatic N) is 3. The zero-order chi connectivity index (χ0) is 18.1. The lowest BCUT2D eigenvalue weighted by molar-refractivity contribution is 0.628. The molecule has 130 valence electrons. The molecule has 0 radical (unpaired) electrons. The Morgan fingerprint density at radius 3 is 2.58 bits per heavy atom. The first-order valence-electron chi connectivity index (χ1n) is 7.83. The molecule has 0 bridgehead atoms. The van der Waals surface area contributed by atoms with Crippen molar-refractivity contribution < 1.29 is 8.78 Å². The van der Waals surface area contributed by atoms with Gasteiger partial charge in [-0.3, -0.25) is 9.89 Å². The molecular weight excluding hydrogens is 340 g/mol. The first-order valence-corrected chi connectivity index (χ1v) is 7.83. The van der Waals surface area contributed by atoms with E-state index < -0.39 is 0 Å². The predicted molar refractivity (Wildman–Crippen MR) is 92.7 cm³/mol. The third-order valence-corrected chi connectivity index (χ3v) is 3.84. The van der Waals surface area contributed by atoms with Crippen LogP contribution in [0.15, 0.2) is 59.4 Å². The van der Waals surface area contributed by atoms with E-state index in [0.29, 0.717) is 22.8 Å². The van der Waals surface area contributed by atoms with Crippen molar-refractivity contribution in [3.63, 3.8) is 0 Å². The summed E-state index contributed by atoms with van der Waals surface area (Å²) in [6.45, 7) is 0.172. The van der Waals surface area contributed by atoms with Gasteiger partial charge in [-0.15, -0.1) is 0 Å². The fourth-order valence-corrected chi connectivity index (χ4v) is 2.55. The fourth-order valence-electron chi connectivity index (χ4n) is 2.55. The van der Waals surface area contributed by atoms with Gasteiger partial charge >= 0.3 is 0 Å². The Morgan fingerprint density at radius 1 is 1.04 bits per heavy atom. The van der Waals surface area contributed by atoms with Gasteiger partial charge in [0.25, 0.3) is 11.3 Å². The summed E-state index contributed by atoms with van der Waals surface area (Å²) in [7, 11) is 0. The van der Waals surface area contributed by atoms with Gasteiger partial charge in [-0.2, -0.15) is 9.50 Å². The first kappa shape index (κ1) is 15.9. The van der Waals surface area contributed by atoms with Gasteiger partial charge in [0.15, 0.2) is 5.82 Å². The number of aromatic nitrogens is 4. The highest BCUT2D eigenvalue weighted by atomic mass is 19.1. The number of hydrogen-bond donors (Lipinski definition) is 2. The summed E-state index contributed by atoms with van der Waals surface area (Å²) >= 11 is 0. The average Bonchev–Trinajstić information content (AvgIpc) is 3.06. The molecule has 0 fully saturated rings. The number of rotatable bonds is 4. The van der Waals surface area contributed by atoms with E-state index in [2.05, 4.69) is 20.4 Å². The lowest BCUT2D eigenvalue weighted by atomic mass is 10.2. The molecule has 0 unspecified atom stereocenters. The Balaban J connectivity index is 1.65. The van der Waals surface area contributed by atoms with Crippen LogP contribution < -0.4 is 10.9 Å². The molecule has 6 nitrogen and oxygen atoms in total. The largest absolute Gasteiger partial charge is 0.377 e. The normalized spacial score (nSPS) is 11.0. The van der Waals surface area contributed by atoms with Crippen molar-refractivity contribution >= 4 is 11.5 Å². The number of fused-ring (bicyclic) bond motifs is 1. The maximum Gasteiger partial charge on any atom is 0.274 e. The van der Waals surface area contributed by atoms with E-state index >= 15 is 0 Å². The summed E-state index contributed by atoms with van der Waals surface area (Å²) < 4.78 is 27.9. The van der Waals surface area contributed by atoms with E-state index in [1.165, 1.54) is 28.8 Å². The second kappa shape index (κ2) is 6.40. The first-order chi connectivity index (χ1) is 12.6. The van der Waals surface area contributed by atoms with Crippen LogP contribution in [0.1, 0.15) is 5.69 Å². The third-order valence-electron chi connectivity index (χ3n) is 3.84. The van der Waals surface area contributed by atoms with Crippen molar-refractivity contribution in [1.29, 1.82) is 0 Å². The molecule has 4 rings (SSSR count). The van der Waals surface area contributed by atoms with Crippen LogP contribution >= 0.6 is 0 Å². The topological polar surface area (TPSA) is 75.1 Å². The molecule has 26 heavy (non-hydrogen) atoms. The highest BCUT2D eigenvalue weighted by molar-refractivity contribution is 5.56. The number of para-hydroxylation sites is 1. The standard InChI is InChI=1S/C18H13F2N5O/c19-12-7-5-11(6-8-12)17-23-18-22-13(9-16(26)25(18)24-17)10-21-15-4-2-1-3-14(15)20/h1-9,21H,10H2,(H,22,23,24). The van der Waals surface area contributed by atoms with Crippen LogP contribution in [0.3, 0.4) is 0 Å². The molecule has 0 atom stereocenters. The molecule has 2 aromatic carbocycles. The van der Waals surface area contributed by atoms with Gasteiger partial charge in [-0.05, 0) is 36.4 Å². The van der Waals surface area contributed by atoms with E-state index in [-0.39, 0.29) is 29.5 Å². The van der Waals surface area contributed by atoms with E-state index in [1.54, 1.807) is 30.3 Å². The summed E-state index contributed by atoms with van der Waals surface area (Å²) in [6, 6.07) is 13.3. The van der Waals surface area contributed by atoms with Gasteiger partial charge in [0.2, 0.25) is 0 Å². The quantitative estimate of drug-likeness (QED) is 0.591. The number of hydrogen-bond acceptors (Lipinski definition) is 4. The maximum absolute atomic E-state index is 13.7. The predicted octanol–water partition coefficient (Wildman–Crippen LogP) is 2.97. The Labute approximate surface area is 146 Å². The smallest absolute Gasteiger partial charge is 0.274 e. The van der Waals surface area contributed by atoms with Crippen LogP contribution in [-0.2, 0) is 6.54 Å². The SMILES string of the molecule is O=c1cc(CNc2ccccc2F)nc2nc(-c3ccc(F)cc3)[nH]n12. The van der Waals surface area contributed by atoms with Crippen LogP contribution in [0.25, 0.3) is 17.2 Å². The highest BCUT2D eigenvalue weighted by Gasteiger charge is 2.10. The van der Waals surface area contributed by atoms with Crippen molar-refractivity contribution in [2.75, 3.05) is 5.32 Å². The molecule has 8 heteroatoms. The summed E-state index contributed by atoms with van der Waals surface area (Å²) in [5, 5.41) is 5.74. The number of H-pyrrole nitrogens is 1. The summed E-state index contributed by atoms with van der Waals surface area (Å²) in [4.78, 5) is 20.9. The highest BCUT2D eigenvalue weighted by Crippen LogP contribution is 2.16. The monoisotopic (exact) mass is 353 g/mol. The molecule has 0 amide bonds. The number of aromatic amines is 1. The Hall–Kier alpha value is -3.55. The zero-order valence-corrected chi connectivity index (χ0v) is 13.4. The third kappa shape index (κ3) is 3.04. The molecule has 0 saturated carbocycles. The molecule has 0 saturated heterocycles. The van der Waals surface area contributed by atoms with Crippen molar-refractivity contribution in [2.24, 2.45) is 0 Å². The minimum atomic E-state index is -0.385. The average molecular weight is 353 g/mol. The molecule has 0 aliphatic rings. The van der Waals surface area contributed by atoms with Gasteiger partial charge in [-0.25, -0.2) is 13.8 Å². The second-order valence-electron chi connectivity index (χ2n) is 5.63. The molecule has 0 spiro atoms. The number of nitrogens with one attached hydrogen (secondary N) is 2. The van der Waals surface area contributed by atoms with E-state index in [9.17, 15) is 13.6 Å². The van der Waals surface area contributed by atoms with Gasteiger partial charge in [0.05, 0.1) is 17.9 Å². The lowest BCUT2D eigenvalue weighted by Gasteiger charge is -2.06. The van der Waals surface area contributed by atoms with Gasteiger partial charge < -0.3 is 5.32 Å². The van der Waals surface area contributed by atoms with Gasteiger partial charge in [0.1, 0.15) is 11.6 Å². The van der Waals surface area contributed by atoms with E-state index in [4.69, 9.17) is 0 Å². The van der Waals surface area contributed by atoms with E-state index in [1.807, 2.05) is 0 Å². The Bertz CT molecular complexity index is 1130. The Kier molecular flexibility index (Phi) is 3.92. The van der Waals surface area contributed by atoms with Crippen LogP contribution in [-0.4, -0.2) is 19.6 Å². The minimum absolute atomic E-state index is 0.172. The van der Waals surface area contributed by atoms with Gasteiger partial charge in [-0.1, -0.05) is 12.1 Å². The van der Waals surface area contributed by atoms with Crippen molar-refractivity contribution in [2.45, 2.75) is 6.54 Å². The maximum atomic E-state index is 13.7. The summed E-state index contributed by atoms with van der Waals surface area (Å²) in [5.41, 5.74) is 1.03. The second-order valence-corrected chi connectivity index (χ2v) is 5.63. The van der Waals surface area contributed by atoms with Crippen molar-refractivity contribution in [1.82, 2.24) is 19.6 Å². The lowest BCUT2D eigenvalue weighted by Crippen LogP contribution is -2.17. The van der Waals surface area contributed by atoms with Gasteiger partial charge in [0, 0.05) is 11.6 Å². The van der Waals surface area contributed by atoms with Crippen LogP contribution in [0, 0.1) is 11.6 Å². The molecular formula is C18H13F2N5O. The molecule has 2 heterocycles. The van der Waals surface area contributed by atoms with Crippen LogP contribution in [0.5, 0.6) is 0 Å². The fraction of sp³-hybridized carbons (Fsp3) is 0.0556. The summed E-state index contributed by atoms with van der Waals surface area (Å²) in [5.74, 6) is -0.165. The van der Waals surface area contributed by atoms with E-state index in [0.717, 1.165) is 0 Å². The van der Waals surface area contributed by atoms with Crippen LogP contribution in [0.4, 0.5) is 14.5 Å². The van der Waals surface area contributed by atoms with Crippen molar-refractivity contribution in [3.05, 3.63) is 82.3 Å².